The molecule has 0 amide bonds. The van der Waals surface area contributed by atoms with Gasteiger partial charge in [0.15, 0.2) is 5.78 Å². The molecular weight excluding hydrogens is 274 g/mol. The molecule has 0 atom stereocenters. The molecule has 0 bridgehead atoms. The van der Waals surface area contributed by atoms with Gasteiger partial charge >= 0.3 is 0 Å². The van der Waals surface area contributed by atoms with E-state index in [1.165, 1.54) is 6.20 Å². The number of aromatic nitrogens is 1. The smallest absolute Gasteiger partial charge is 0.196 e. The molecule has 104 valence electrons. The number of nitrogens with zero attached hydrogens (tertiary/aromatic N) is 1. The van der Waals surface area contributed by atoms with Crippen molar-refractivity contribution in [2.45, 2.75) is 26.9 Å². The summed E-state index contributed by atoms with van der Waals surface area (Å²) < 4.78 is 5.54. The Morgan fingerprint density at radius 1 is 1.25 bits per heavy atom. The van der Waals surface area contributed by atoms with E-state index in [1.807, 2.05) is 26.8 Å². The van der Waals surface area contributed by atoms with Crippen LogP contribution in [0.1, 0.15) is 35.3 Å². The standard InChI is InChI=1S/C16H16ClNO2/c1-10(2)20-13-7-12(8-18-9-13)16(19)14-5-4-11(3)6-15(14)17/h4-10H,1-3H3. The Labute approximate surface area is 123 Å². The van der Waals surface area contributed by atoms with Crippen LogP contribution in [0.3, 0.4) is 0 Å². The summed E-state index contributed by atoms with van der Waals surface area (Å²) in [6.07, 6.45) is 3.14. The topological polar surface area (TPSA) is 39.2 Å². The zero-order chi connectivity index (χ0) is 14.7. The molecule has 3 nitrogen and oxygen atoms in total. The van der Waals surface area contributed by atoms with Crippen molar-refractivity contribution < 1.29 is 9.53 Å². The van der Waals surface area contributed by atoms with Crippen LogP contribution >= 0.6 is 11.6 Å². The van der Waals surface area contributed by atoms with E-state index in [1.54, 1.807) is 24.4 Å². The molecule has 4 heteroatoms. The summed E-state index contributed by atoms with van der Waals surface area (Å²) in [6.45, 7) is 5.77. The minimum atomic E-state index is -0.156. The lowest BCUT2D eigenvalue weighted by atomic mass is 10.0. The Morgan fingerprint density at radius 3 is 2.65 bits per heavy atom. The molecule has 2 rings (SSSR count). The summed E-state index contributed by atoms with van der Waals surface area (Å²) in [7, 11) is 0. The van der Waals surface area contributed by atoms with Crippen LogP contribution in [0.15, 0.2) is 36.7 Å². The van der Waals surface area contributed by atoms with E-state index in [0.29, 0.717) is 21.9 Å². The van der Waals surface area contributed by atoms with E-state index in [9.17, 15) is 4.79 Å². The van der Waals surface area contributed by atoms with Crippen LogP contribution in [0.5, 0.6) is 5.75 Å². The lowest BCUT2D eigenvalue weighted by molar-refractivity contribution is 0.103. The molecule has 0 N–H and O–H groups in total. The molecular formula is C16H16ClNO2. The van der Waals surface area contributed by atoms with Gasteiger partial charge < -0.3 is 4.74 Å². The molecule has 0 saturated carbocycles. The summed E-state index contributed by atoms with van der Waals surface area (Å²) in [5, 5.41) is 0.449. The first-order chi connectivity index (χ1) is 9.47. The second kappa shape index (κ2) is 6.06. The Bertz CT molecular complexity index is 638. The molecule has 0 spiro atoms. The second-order valence-electron chi connectivity index (χ2n) is 4.89. The Morgan fingerprint density at radius 2 is 2.00 bits per heavy atom. The van der Waals surface area contributed by atoms with Gasteiger partial charge in [0.1, 0.15) is 5.75 Å². The van der Waals surface area contributed by atoms with Crippen LogP contribution in [-0.4, -0.2) is 16.9 Å². The minimum Gasteiger partial charge on any atom is -0.489 e. The molecule has 0 radical (unpaired) electrons. The summed E-state index contributed by atoms with van der Waals surface area (Å²) in [6, 6.07) is 7.05. The van der Waals surface area contributed by atoms with Crippen LogP contribution in [0, 0.1) is 6.92 Å². The largest absolute Gasteiger partial charge is 0.489 e. The Balaban J connectivity index is 2.33. The maximum Gasteiger partial charge on any atom is 0.196 e. The minimum absolute atomic E-state index is 0.0325. The molecule has 0 fully saturated rings. The number of ketones is 1. The van der Waals surface area contributed by atoms with Crippen LogP contribution in [0.25, 0.3) is 0 Å². The SMILES string of the molecule is Cc1ccc(C(=O)c2cncc(OC(C)C)c2)c(Cl)c1. The van der Waals surface area contributed by atoms with Gasteiger partial charge in [0.2, 0.25) is 0 Å². The highest BCUT2D eigenvalue weighted by molar-refractivity contribution is 6.35. The van der Waals surface area contributed by atoms with Crippen molar-refractivity contribution in [2.24, 2.45) is 0 Å². The van der Waals surface area contributed by atoms with Crippen molar-refractivity contribution in [2.75, 3.05) is 0 Å². The van der Waals surface area contributed by atoms with E-state index in [4.69, 9.17) is 16.3 Å². The van der Waals surface area contributed by atoms with Gasteiger partial charge in [-0.15, -0.1) is 0 Å². The number of pyridine rings is 1. The molecule has 0 unspecified atom stereocenters. The number of aryl methyl sites for hydroxylation is 1. The number of rotatable bonds is 4. The molecule has 1 heterocycles. The maximum atomic E-state index is 12.4. The quantitative estimate of drug-likeness (QED) is 0.797. The predicted octanol–water partition coefficient (Wildman–Crippen LogP) is 4.06. The number of hydrogen-bond acceptors (Lipinski definition) is 3. The summed E-state index contributed by atoms with van der Waals surface area (Å²) >= 11 is 6.13. The second-order valence-corrected chi connectivity index (χ2v) is 5.30. The highest BCUT2D eigenvalue weighted by Crippen LogP contribution is 2.22. The third-order valence-electron chi connectivity index (χ3n) is 2.72. The Kier molecular flexibility index (Phi) is 4.40. The van der Waals surface area contributed by atoms with Gasteiger partial charge in [-0.1, -0.05) is 17.7 Å². The van der Waals surface area contributed by atoms with Gasteiger partial charge in [0.25, 0.3) is 0 Å². The van der Waals surface area contributed by atoms with Crippen LogP contribution in [0.4, 0.5) is 0 Å². The van der Waals surface area contributed by atoms with E-state index in [0.717, 1.165) is 5.56 Å². The molecule has 1 aromatic carbocycles. The number of halogens is 1. The van der Waals surface area contributed by atoms with Gasteiger partial charge in [-0.05, 0) is 44.5 Å². The van der Waals surface area contributed by atoms with Crippen molar-refractivity contribution in [3.8, 4) is 5.75 Å². The molecule has 0 aliphatic heterocycles. The van der Waals surface area contributed by atoms with Crippen molar-refractivity contribution in [3.05, 3.63) is 58.4 Å². The van der Waals surface area contributed by atoms with Crippen molar-refractivity contribution in [1.29, 1.82) is 0 Å². The highest BCUT2D eigenvalue weighted by atomic mass is 35.5. The van der Waals surface area contributed by atoms with Gasteiger partial charge in [-0.2, -0.15) is 0 Å². The predicted molar refractivity (Wildman–Crippen MR) is 79.6 cm³/mol. The first kappa shape index (κ1) is 14.5. The van der Waals surface area contributed by atoms with Crippen LogP contribution < -0.4 is 4.74 Å². The monoisotopic (exact) mass is 289 g/mol. The summed E-state index contributed by atoms with van der Waals surface area (Å²) in [5.74, 6) is 0.422. The average molecular weight is 290 g/mol. The van der Waals surface area contributed by atoms with Gasteiger partial charge in [-0.25, -0.2) is 0 Å². The fourth-order valence-electron chi connectivity index (χ4n) is 1.84. The lowest BCUT2D eigenvalue weighted by Crippen LogP contribution is -2.08. The third kappa shape index (κ3) is 3.36. The summed E-state index contributed by atoms with van der Waals surface area (Å²) in [5.41, 5.74) is 1.95. The third-order valence-corrected chi connectivity index (χ3v) is 3.03. The van der Waals surface area contributed by atoms with Crippen LogP contribution in [0.2, 0.25) is 5.02 Å². The zero-order valence-electron chi connectivity index (χ0n) is 11.7. The maximum absolute atomic E-state index is 12.4. The van der Waals surface area contributed by atoms with E-state index in [-0.39, 0.29) is 11.9 Å². The molecule has 0 aliphatic carbocycles. The first-order valence-corrected chi connectivity index (χ1v) is 6.77. The van der Waals surface area contributed by atoms with E-state index in [2.05, 4.69) is 4.98 Å². The normalized spacial score (nSPS) is 10.7. The molecule has 1 aromatic heterocycles. The summed E-state index contributed by atoms with van der Waals surface area (Å²) in [4.78, 5) is 16.5. The van der Waals surface area contributed by atoms with Crippen molar-refractivity contribution in [1.82, 2.24) is 4.98 Å². The van der Waals surface area contributed by atoms with Gasteiger partial charge in [0.05, 0.1) is 17.3 Å². The number of benzene rings is 1. The van der Waals surface area contributed by atoms with E-state index >= 15 is 0 Å². The molecule has 0 aliphatic rings. The lowest BCUT2D eigenvalue weighted by Gasteiger charge is -2.10. The van der Waals surface area contributed by atoms with E-state index < -0.39 is 0 Å². The number of ether oxygens (including phenoxy) is 1. The number of carbonyl (C=O) groups excluding carboxylic acids is 1. The highest BCUT2D eigenvalue weighted by Gasteiger charge is 2.14. The Hall–Kier alpha value is -1.87. The first-order valence-electron chi connectivity index (χ1n) is 6.40. The molecule has 20 heavy (non-hydrogen) atoms. The molecule has 2 aromatic rings. The average Bonchev–Trinajstić information content (AvgIpc) is 2.37. The number of hydrogen-bond donors (Lipinski definition) is 0. The van der Waals surface area contributed by atoms with Crippen LogP contribution in [-0.2, 0) is 0 Å². The zero-order valence-corrected chi connectivity index (χ0v) is 12.4. The van der Waals surface area contributed by atoms with Crippen molar-refractivity contribution in [3.63, 3.8) is 0 Å². The fraction of sp³-hybridized carbons (Fsp3) is 0.250. The molecule has 0 saturated heterocycles. The number of carbonyl (C=O) groups is 1. The van der Waals surface area contributed by atoms with Crippen molar-refractivity contribution >= 4 is 17.4 Å². The fourth-order valence-corrected chi connectivity index (χ4v) is 2.16. The van der Waals surface area contributed by atoms with Gasteiger partial charge in [-0.3, -0.25) is 9.78 Å². The van der Waals surface area contributed by atoms with Gasteiger partial charge in [0, 0.05) is 17.3 Å².